The molecule has 0 aromatic carbocycles. The third kappa shape index (κ3) is 7.62. The highest BCUT2D eigenvalue weighted by molar-refractivity contribution is 5.80. The highest BCUT2D eigenvalue weighted by Gasteiger charge is 2.21. The lowest BCUT2D eigenvalue weighted by Gasteiger charge is -2.34. The zero-order valence-corrected chi connectivity index (χ0v) is 13.4. The molecule has 0 unspecified atom stereocenters. The summed E-state index contributed by atoms with van der Waals surface area (Å²) >= 11 is 0. The maximum absolute atomic E-state index is 12.2. The van der Waals surface area contributed by atoms with E-state index in [-0.39, 0.29) is 6.67 Å². The Labute approximate surface area is 127 Å². The minimum absolute atomic E-state index is 0.305. The van der Waals surface area contributed by atoms with Crippen molar-refractivity contribution in [1.29, 1.82) is 0 Å². The average Bonchev–Trinajstić information content (AvgIpc) is 2.52. The van der Waals surface area contributed by atoms with Crippen molar-refractivity contribution in [3.63, 3.8) is 0 Å². The van der Waals surface area contributed by atoms with Crippen LogP contribution in [0.5, 0.6) is 0 Å². The van der Waals surface area contributed by atoms with Crippen molar-refractivity contribution in [2.45, 2.75) is 38.7 Å². The van der Waals surface area contributed by atoms with Gasteiger partial charge in [0, 0.05) is 46.5 Å². The normalized spacial score (nSPS) is 17.3. The van der Waals surface area contributed by atoms with Gasteiger partial charge in [-0.3, -0.25) is 9.38 Å². The summed E-state index contributed by atoms with van der Waals surface area (Å²) in [7, 11) is 1.71. The molecule has 0 aromatic rings. The molecule has 0 saturated carbocycles. The summed E-state index contributed by atoms with van der Waals surface area (Å²) in [5, 5.41) is 3.28. The van der Waals surface area contributed by atoms with Gasteiger partial charge in [0.05, 0.1) is 12.8 Å². The predicted molar refractivity (Wildman–Crippen MR) is 83.6 cm³/mol. The van der Waals surface area contributed by atoms with Gasteiger partial charge in [-0.25, -0.2) is 0 Å². The zero-order chi connectivity index (χ0) is 15.3. The van der Waals surface area contributed by atoms with E-state index in [1.54, 1.807) is 7.11 Å². The predicted octanol–water partition coefficient (Wildman–Crippen LogP) is 1.83. The van der Waals surface area contributed by atoms with E-state index in [4.69, 9.17) is 9.47 Å². The molecule has 6 heteroatoms. The first kappa shape index (κ1) is 18.2. The molecule has 1 heterocycles. The summed E-state index contributed by atoms with van der Waals surface area (Å²) < 4.78 is 23.0. The van der Waals surface area contributed by atoms with Crippen LogP contribution in [0, 0.1) is 0 Å². The molecule has 21 heavy (non-hydrogen) atoms. The number of piperidine rings is 1. The van der Waals surface area contributed by atoms with Gasteiger partial charge in [0.25, 0.3) is 0 Å². The number of aliphatic imine (C=N–C) groups is 1. The van der Waals surface area contributed by atoms with Gasteiger partial charge in [-0.2, -0.15) is 0 Å². The number of likely N-dealkylation sites (tertiary alicyclic amines) is 1. The fourth-order valence-electron chi connectivity index (χ4n) is 2.36. The van der Waals surface area contributed by atoms with E-state index in [9.17, 15) is 4.39 Å². The molecule has 1 saturated heterocycles. The van der Waals surface area contributed by atoms with E-state index >= 15 is 0 Å². The van der Waals surface area contributed by atoms with Gasteiger partial charge in [-0.05, 0) is 32.6 Å². The van der Waals surface area contributed by atoms with E-state index in [1.807, 2.05) is 0 Å². The van der Waals surface area contributed by atoms with E-state index in [1.165, 1.54) is 0 Å². The van der Waals surface area contributed by atoms with Crippen LogP contribution < -0.4 is 5.32 Å². The van der Waals surface area contributed by atoms with Crippen molar-refractivity contribution < 1.29 is 13.9 Å². The number of rotatable bonds is 9. The summed E-state index contributed by atoms with van der Waals surface area (Å²) in [4.78, 5) is 6.72. The Balaban J connectivity index is 2.29. The van der Waals surface area contributed by atoms with Gasteiger partial charge in [0.2, 0.25) is 0 Å². The van der Waals surface area contributed by atoms with Gasteiger partial charge in [-0.1, -0.05) is 0 Å². The minimum atomic E-state index is -0.305. The first-order valence-electron chi connectivity index (χ1n) is 8.01. The number of nitrogens with zero attached hydrogens (tertiary/aromatic N) is 2. The molecule has 124 valence electrons. The number of halogens is 1. The highest BCUT2D eigenvalue weighted by Crippen LogP contribution is 2.14. The largest absolute Gasteiger partial charge is 0.385 e. The summed E-state index contributed by atoms with van der Waals surface area (Å²) in [6.07, 6.45) is 3.81. The SMILES string of the molecule is CCNC(=NCCCF)N1CCC(OCCCOC)CC1. The lowest BCUT2D eigenvalue weighted by Crippen LogP contribution is -2.47. The Morgan fingerprint density at radius 2 is 2.05 bits per heavy atom. The average molecular weight is 303 g/mol. The van der Waals surface area contributed by atoms with Gasteiger partial charge < -0.3 is 19.7 Å². The molecular weight excluding hydrogens is 273 g/mol. The van der Waals surface area contributed by atoms with Crippen LogP contribution in [-0.4, -0.2) is 70.1 Å². The smallest absolute Gasteiger partial charge is 0.193 e. The van der Waals surface area contributed by atoms with Crippen molar-refractivity contribution in [3.8, 4) is 0 Å². The van der Waals surface area contributed by atoms with Crippen molar-refractivity contribution in [1.82, 2.24) is 10.2 Å². The van der Waals surface area contributed by atoms with Crippen LogP contribution in [0.4, 0.5) is 4.39 Å². The summed E-state index contributed by atoms with van der Waals surface area (Å²) in [5.74, 6) is 0.906. The first-order valence-corrected chi connectivity index (χ1v) is 8.01. The molecular formula is C15H30FN3O2. The molecule has 0 aromatic heterocycles. The van der Waals surface area contributed by atoms with E-state index < -0.39 is 0 Å². The van der Waals surface area contributed by atoms with Crippen LogP contribution in [-0.2, 0) is 9.47 Å². The number of ether oxygens (including phenoxy) is 2. The summed E-state index contributed by atoms with van der Waals surface area (Å²) in [5.41, 5.74) is 0. The Morgan fingerprint density at radius 3 is 2.67 bits per heavy atom. The summed E-state index contributed by atoms with van der Waals surface area (Å²) in [6, 6.07) is 0. The number of hydrogen-bond donors (Lipinski definition) is 1. The van der Waals surface area contributed by atoms with Crippen LogP contribution in [0.15, 0.2) is 4.99 Å². The van der Waals surface area contributed by atoms with Crippen LogP contribution in [0.2, 0.25) is 0 Å². The molecule has 0 bridgehead atoms. The number of guanidine groups is 1. The minimum Gasteiger partial charge on any atom is -0.385 e. The van der Waals surface area contributed by atoms with E-state index in [0.717, 1.165) is 58.1 Å². The third-order valence-electron chi connectivity index (χ3n) is 3.48. The van der Waals surface area contributed by atoms with Crippen molar-refractivity contribution in [2.75, 3.05) is 53.2 Å². The second-order valence-electron chi connectivity index (χ2n) is 5.18. The topological polar surface area (TPSA) is 46.1 Å². The molecule has 5 nitrogen and oxygen atoms in total. The quantitative estimate of drug-likeness (QED) is 0.401. The standard InChI is InChI=1S/C15H30FN3O2/c1-3-17-15(18-9-4-8-16)19-10-6-14(7-11-19)21-13-5-12-20-2/h14H,3-13H2,1-2H3,(H,17,18). The molecule has 1 fully saturated rings. The van der Waals surface area contributed by atoms with Gasteiger partial charge >= 0.3 is 0 Å². The maximum Gasteiger partial charge on any atom is 0.193 e. The third-order valence-corrected chi connectivity index (χ3v) is 3.48. The van der Waals surface area contributed by atoms with Gasteiger partial charge in [0.15, 0.2) is 5.96 Å². The monoisotopic (exact) mass is 303 g/mol. The first-order chi connectivity index (χ1) is 10.3. The highest BCUT2D eigenvalue weighted by atomic mass is 19.1. The fraction of sp³-hybridized carbons (Fsp3) is 0.933. The fourth-order valence-corrected chi connectivity index (χ4v) is 2.36. The Bertz CT molecular complexity index is 282. The molecule has 1 aliphatic heterocycles. The molecule has 0 aliphatic carbocycles. The van der Waals surface area contributed by atoms with Crippen LogP contribution in [0.3, 0.4) is 0 Å². The van der Waals surface area contributed by atoms with E-state index in [2.05, 4.69) is 22.1 Å². The lowest BCUT2D eigenvalue weighted by atomic mass is 10.1. The molecule has 1 N–H and O–H groups in total. The van der Waals surface area contributed by atoms with Crippen molar-refractivity contribution >= 4 is 5.96 Å². The number of nitrogens with one attached hydrogen (secondary N) is 1. The van der Waals surface area contributed by atoms with Gasteiger partial charge in [0.1, 0.15) is 0 Å². The Morgan fingerprint density at radius 1 is 1.29 bits per heavy atom. The molecule has 0 radical (unpaired) electrons. The molecule has 0 atom stereocenters. The van der Waals surface area contributed by atoms with Crippen LogP contribution in [0.25, 0.3) is 0 Å². The summed E-state index contributed by atoms with van der Waals surface area (Å²) in [6.45, 7) is 6.53. The number of alkyl halides is 1. The van der Waals surface area contributed by atoms with Crippen molar-refractivity contribution in [3.05, 3.63) is 0 Å². The molecule has 1 rings (SSSR count). The number of methoxy groups -OCH3 is 1. The maximum atomic E-state index is 12.2. The zero-order valence-electron chi connectivity index (χ0n) is 13.4. The molecule has 0 amide bonds. The Hall–Kier alpha value is -0.880. The van der Waals surface area contributed by atoms with Crippen molar-refractivity contribution in [2.24, 2.45) is 4.99 Å². The van der Waals surface area contributed by atoms with Crippen LogP contribution >= 0.6 is 0 Å². The lowest BCUT2D eigenvalue weighted by molar-refractivity contribution is 0.00990. The Kier molecular flexibility index (Phi) is 10.2. The second kappa shape index (κ2) is 11.7. The molecule has 1 aliphatic rings. The van der Waals surface area contributed by atoms with Gasteiger partial charge in [-0.15, -0.1) is 0 Å². The van der Waals surface area contributed by atoms with Crippen LogP contribution in [0.1, 0.15) is 32.6 Å². The van der Waals surface area contributed by atoms with E-state index in [0.29, 0.717) is 19.1 Å². The second-order valence-corrected chi connectivity index (χ2v) is 5.18. The number of hydrogen-bond acceptors (Lipinski definition) is 3. The molecule has 0 spiro atoms.